The molecule has 1 aromatic rings. The minimum Gasteiger partial charge on any atom is -0.290 e. The van der Waals surface area contributed by atoms with Crippen molar-refractivity contribution >= 4 is 26.0 Å². The first-order chi connectivity index (χ1) is 8.60. The van der Waals surface area contributed by atoms with Gasteiger partial charge in [0.05, 0.1) is 11.5 Å². The van der Waals surface area contributed by atoms with Crippen molar-refractivity contribution in [3.63, 3.8) is 0 Å². The second kappa shape index (κ2) is 6.21. The molecule has 1 N–H and O–H groups in total. The zero-order valence-electron chi connectivity index (χ0n) is 9.74. The molecule has 0 fully saturated rings. The van der Waals surface area contributed by atoms with Gasteiger partial charge in [-0.15, -0.1) is 13.2 Å². The summed E-state index contributed by atoms with van der Waals surface area (Å²) in [4.78, 5) is -0.0328. The molecule has 19 heavy (non-hydrogen) atoms. The van der Waals surface area contributed by atoms with Crippen molar-refractivity contribution in [2.24, 2.45) is 0 Å². The van der Waals surface area contributed by atoms with Crippen molar-refractivity contribution in [1.82, 2.24) is 4.72 Å². The van der Waals surface area contributed by atoms with Crippen LogP contribution in [0.4, 0.5) is 13.2 Å². The maximum absolute atomic E-state index is 11.8. The van der Waals surface area contributed by atoms with Gasteiger partial charge in [-0.1, -0.05) is 15.9 Å². The SMILES string of the molecule is CC(COC(F)(F)F)NS(=O)(=O)c1ccc(Br)cc1. The summed E-state index contributed by atoms with van der Waals surface area (Å²) in [5.74, 6) is 0. The van der Waals surface area contributed by atoms with Gasteiger partial charge in [0.25, 0.3) is 0 Å². The van der Waals surface area contributed by atoms with Gasteiger partial charge in [0.1, 0.15) is 0 Å². The first-order valence-corrected chi connectivity index (χ1v) is 7.36. The van der Waals surface area contributed by atoms with Gasteiger partial charge in [-0.3, -0.25) is 4.74 Å². The van der Waals surface area contributed by atoms with Crippen molar-refractivity contribution in [1.29, 1.82) is 0 Å². The molecular formula is C10H11BrF3NO3S. The predicted octanol–water partition coefficient (Wildman–Crippen LogP) is 2.65. The molecule has 0 spiro atoms. The number of halogens is 4. The Morgan fingerprint density at radius 3 is 2.32 bits per heavy atom. The fraction of sp³-hybridized carbons (Fsp3) is 0.400. The molecule has 0 aromatic heterocycles. The normalized spacial score (nSPS) is 14.4. The first-order valence-electron chi connectivity index (χ1n) is 5.09. The van der Waals surface area contributed by atoms with E-state index in [-0.39, 0.29) is 4.90 Å². The van der Waals surface area contributed by atoms with E-state index in [1.165, 1.54) is 31.2 Å². The Bertz CT molecular complexity index is 516. The zero-order valence-corrected chi connectivity index (χ0v) is 12.1. The van der Waals surface area contributed by atoms with Crippen LogP contribution in [0.5, 0.6) is 0 Å². The van der Waals surface area contributed by atoms with E-state index < -0.39 is 29.0 Å². The number of rotatable bonds is 5. The van der Waals surface area contributed by atoms with E-state index in [2.05, 4.69) is 25.4 Å². The van der Waals surface area contributed by atoms with E-state index in [0.717, 1.165) is 0 Å². The van der Waals surface area contributed by atoms with E-state index in [1.54, 1.807) is 0 Å². The van der Waals surface area contributed by atoms with Gasteiger partial charge in [0.2, 0.25) is 10.0 Å². The highest BCUT2D eigenvalue weighted by atomic mass is 79.9. The van der Waals surface area contributed by atoms with Crippen LogP contribution in [0.25, 0.3) is 0 Å². The number of alkyl halides is 3. The lowest BCUT2D eigenvalue weighted by Gasteiger charge is -2.15. The number of hydrogen-bond acceptors (Lipinski definition) is 3. The molecule has 0 aliphatic heterocycles. The van der Waals surface area contributed by atoms with Gasteiger partial charge < -0.3 is 0 Å². The average Bonchev–Trinajstić information content (AvgIpc) is 2.25. The van der Waals surface area contributed by atoms with Crippen LogP contribution in [-0.4, -0.2) is 27.4 Å². The second-order valence-electron chi connectivity index (χ2n) is 3.73. The Morgan fingerprint density at radius 2 is 1.84 bits per heavy atom. The Hall–Kier alpha value is -0.640. The highest BCUT2D eigenvalue weighted by Gasteiger charge is 2.30. The molecule has 1 aromatic carbocycles. The molecule has 0 saturated carbocycles. The topological polar surface area (TPSA) is 55.4 Å². The minimum absolute atomic E-state index is 0.0328. The number of ether oxygens (including phenoxy) is 1. The molecule has 0 heterocycles. The lowest BCUT2D eigenvalue weighted by Crippen LogP contribution is -2.37. The fourth-order valence-corrected chi connectivity index (χ4v) is 2.69. The van der Waals surface area contributed by atoms with E-state index in [1.807, 2.05) is 0 Å². The van der Waals surface area contributed by atoms with Gasteiger partial charge in [-0.05, 0) is 31.2 Å². The van der Waals surface area contributed by atoms with E-state index in [0.29, 0.717) is 4.47 Å². The highest BCUT2D eigenvalue weighted by molar-refractivity contribution is 9.10. The molecule has 4 nitrogen and oxygen atoms in total. The Morgan fingerprint density at radius 1 is 1.32 bits per heavy atom. The number of benzene rings is 1. The third-order valence-electron chi connectivity index (χ3n) is 1.98. The smallest absolute Gasteiger partial charge is 0.290 e. The summed E-state index contributed by atoms with van der Waals surface area (Å²) in [7, 11) is -3.86. The monoisotopic (exact) mass is 361 g/mol. The number of nitrogens with one attached hydrogen (secondary N) is 1. The zero-order chi connectivity index (χ0) is 14.7. The quantitative estimate of drug-likeness (QED) is 0.876. The fourth-order valence-electron chi connectivity index (χ4n) is 1.20. The van der Waals surface area contributed by atoms with Crippen LogP contribution in [0, 0.1) is 0 Å². The van der Waals surface area contributed by atoms with Gasteiger partial charge in [0, 0.05) is 10.5 Å². The predicted molar refractivity (Wildman–Crippen MR) is 65.9 cm³/mol. The van der Waals surface area contributed by atoms with Crippen LogP contribution in [0.3, 0.4) is 0 Å². The molecule has 0 amide bonds. The van der Waals surface area contributed by atoms with Crippen molar-refractivity contribution in [3.8, 4) is 0 Å². The van der Waals surface area contributed by atoms with Gasteiger partial charge in [0.15, 0.2) is 0 Å². The summed E-state index contributed by atoms with van der Waals surface area (Å²) in [6.45, 7) is 0.488. The Labute approximate surface area is 117 Å². The molecule has 1 atom stereocenters. The van der Waals surface area contributed by atoms with Crippen LogP contribution in [0.15, 0.2) is 33.6 Å². The molecule has 0 saturated heterocycles. The third kappa shape index (κ3) is 5.89. The van der Waals surface area contributed by atoms with E-state index in [4.69, 9.17) is 0 Å². The number of hydrogen-bond donors (Lipinski definition) is 1. The van der Waals surface area contributed by atoms with Crippen LogP contribution < -0.4 is 4.72 Å². The molecule has 1 rings (SSSR count). The highest BCUT2D eigenvalue weighted by Crippen LogP contribution is 2.17. The molecule has 9 heteroatoms. The standard InChI is InChI=1S/C10H11BrF3NO3S/c1-7(6-18-10(12,13)14)15-19(16,17)9-4-2-8(11)3-5-9/h2-5,7,15H,6H2,1H3. The van der Waals surface area contributed by atoms with Gasteiger partial charge in [-0.2, -0.15) is 0 Å². The average molecular weight is 362 g/mol. The van der Waals surface area contributed by atoms with Gasteiger partial charge >= 0.3 is 6.36 Å². The molecule has 0 aliphatic rings. The van der Waals surface area contributed by atoms with E-state index >= 15 is 0 Å². The first kappa shape index (κ1) is 16.4. The lowest BCUT2D eigenvalue weighted by molar-refractivity contribution is -0.325. The molecule has 108 valence electrons. The molecule has 1 unspecified atom stereocenters. The van der Waals surface area contributed by atoms with Crippen LogP contribution in [-0.2, 0) is 14.8 Å². The third-order valence-corrected chi connectivity index (χ3v) is 4.11. The van der Waals surface area contributed by atoms with Crippen molar-refractivity contribution in [3.05, 3.63) is 28.7 Å². The molecule has 0 bridgehead atoms. The maximum Gasteiger partial charge on any atom is 0.522 e. The largest absolute Gasteiger partial charge is 0.522 e. The van der Waals surface area contributed by atoms with Crippen molar-refractivity contribution < 1.29 is 26.3 Å². The lowest BCUT2D eigenvalue weighted by atomic mass is 10.4. The summed E-state index contributed by atoms with van der Waals surface area (Å²) in [6.07, 6.45) is -4.78. The summed E-state index contributed by atoms with van der Waals surface area (Å²) in [6, 6.07) is 4.71. The Balaban J connectivity index is 2.67. The Kier molecular flexibility index (Phi) is 5.36. The van der Waals surface area contributed by atoms with Crippen LogP contribution >= 0.6 is 15.9 Å². The second-order valence-corrected chi connectivity index (χ2v) is 6.36. The summed E-state index contributed by atoms with van der Waals surface area (Å²) in [5.41, 5.74) is 0. The van der Waals surface area contributed by atoms with Gasteiger partial charge in [-0.25, -0.2) is 13.1 Å². The molecule has 0 radical (unpaired) electrons. The summed E-state index contributed by atoms with van der Waals surface area (Å²) in [5, 5.41) is 0. The van der Waals surface area contributed by atoms with Crippen molar-refractivity contribution in [2.75, 3.05) is 6.61 Å². The van der Waals surface area contributed by atoms with Crippen LogP contribution in [0.1, 0.15) is 6.92 Å². The van der Waals surface area contributed by atoms with Crippen molar-refractivity contribution in [2.45, 2.75) is 24.2 Å². The summed E-state index contributed by atoms with van der Waals surface area (Å²) >= 11 is 3.15. The van der Waals surface area contributed by atoms with Crippen LogP contribution in [0.2, 0.25) is 0 Å². The summed E-state index contributed by atoms with van der Waals surface area (Å²) < 4.78 is 65.4. The maximum atomic E-state index is 11.8. The minimum atomic E-state index is -4.78. The molecular weight excluding hydrogens is 351 g/mol. The number of sulfonamides is 1. The van der Waals surface area contributed by atoms with E-state index in [9.17, 15) is 21.6 Å². The molecule has 0 aliphatic carbocycles.